The monoisotopic (exact) mass is 548 g/mol. The maximum atomic E-state index is 13.8. The lowest BCUT2D eigenvalue weighted by molar-refractivity contribution is -0.143. The molecule has 0 radical (unpaired) electrons. The average molecular weight is 549 g/mol. The lowest BCUT2D eigenvalue weighted by atomic mass is 9.83. The van der Waals surface area contributed by atoms with Crippen LogP contribution < -0.4 is 9.64 Å². The fourth-order valence-corrected chi connectivity index (χ4v) is 6.55. The zero-order valence-electron chi connectivity index (χ0n) is 23.3. The number of fused-ring (bicyclic) bond motifs is 1. The van der Waals surface area contributed by atoms with E-state index in [1.54, 1.807) is 17.3 Å². The van der Waals surface area contributed by atoms with Gasteiger partial charge in [0.15, 0.2) is 0 Å². The number of likely N-dealkylation sites (tertiary alicyclic amines) is 2. The molecule has 2 amide bonds. The molecule has 1 aromatic carbocycles. The van der Waals surface area contributed by atoms with Crippen molar-refractivity contribution in [3.8, 4) is 5.75 Å². The highest BCUT2D eigenvalue weighted by molar-refractivity contribution is 5.94. The van der Waals surface area contributed by atoms with Crippen LogP contribution in [0.1, 0.15) is 62.5 Å². The van der Waals surface area contributed by atoms with Crippen LogP contribution in [0.2, 0.25) is 0 Å². The average Bonchev–Trinajstić information content (AvgIpc) is 3.68. The highest BCUT2D eigenvalue weighted by atomic mass is 16.5. The molecule has 3 aliphatic rings. The number of rotatable bonds is 12. The Labute approximate surface area is 236 Å². The Morgan fingerprint density at radius 2 is 2.08 bits per heavy atom. The molecule has 3 aliphatic heterocycles. The summed E-state index contributed by atoms with van der Waals surface area (Å²) in [6.45, 7) is 5.36. The van der Waals surface area contributed by atoms with Gasteiger partial charge in [-0.05, 0) is 55.0 Å². The molecule has 1 aromatic heterocycles. The van der Waals surface area contributed by atoms with Gasteiger partial charge >= 0.3 is 5.97 Å². The molecule has 4 heterocycles. The molecule has 2 fully saturated rings. The van der Waals surface area contributed by atoms with E-state index >= 15 is 0 Å². The number of aromatic nitrogens is 1. The largest absolute Gasteiger partial charge is 0.493 e. The molecule has 1 N–H and O–H groups in total. The second-order valence-corrected chi connectivity index (χ2v) is 11.2. The van der Waals surface area contributed by atoms with Gasteiger partial charge in [0.1, 0.15) is 5.75 Å². The summed E-state index contributed by atoms with van der Waals surface area (Å²) in [6, 6.07) is 9.44. The summed E-state index contributed by atoms with van der Waals surface area (Å²) >= 11 is 0. The molecular formula is C31H40N4O5. The second-order valence-electron chi connectivity index (χ2n) is 11.2. The van der Waals surface area contributed by atoms with Crippen molar-refractivity contribution >= 4 is 23.5 Å². The van der Waals surface area contributed by atoms with Crippen LogP contribution in [-0.4, -0.2) is 83.0 Å². The first-order chi connectivity index (χ1) is 19.5. The molecule has 40 heavy (non-hydrogen) atoms. The summed E-state index contributed by atoms with van der Waals surface area (Å²) in [6.07, 6.45) is 8.83. The number of aliphatic carboxylic acids is 1. The maximum absolute atomic E-state index is 13.8. The van der Waals surface area contributed by atoms with E-state index in [2.05, 4.69) is 22.9 Å². The van der Waals surface area contributed by atoms with Crippen LogP contribution in [0.5, 0.6) is 5.75 Å². The Morgan fingerprint density at radius 1 is 1.20 bits per heavy atom. The van der Waals surface area contributed by atoms with E-state index in [-0.39, 0.29) is 30.3 Å². The van der Waals surface area contributed by atoms with Crippen molar-refractivity contribution in [2.45, 2.75) is 63.8 Å². The van der Waals surface area contributed by atoms with Crippen molar-refractivity contribution in [2.75, 3.05) is 44.2 Å². The van der Waals surface area contributed by atoms with Crippen molar-refractivity contribution in [1.82, 2.24) is 14.8 Å². The van der Waals surface area contributed by atoms with Gasteiger partial charge in [0.2, 0.25) is 11.8 Å². The molecule has 0 spiro atoms. The minimum Gasteiger partial charge on any atom is -0.493 e. The number of benzene rings is 1. The number of pyridine rings is 1. The van der Waals surface area contributed by atoms with E-state index in [1.807, 2.05) is 29.2 Å². The molecule has 2 aromatic rings. The first-order valence-corrected chi connectivity index (χ1v) is 14.7. The van der Waals surface area contributed by atoms with Crippen LogP contribution in [-0.2, 0) is 20.8 Å². The van der Waals surface area contributed by atoms with Crippen LogP contribution in [0, 0.1) is 5.92 Å². The molecule has 0 saturated carbocycles. The number of carbonyl (C=O) groups excluding carboxylic acids is 2. The zero-order valence-corrected chi connectivity index (χ0v) is 23.3. The van der Waals surface area contributed by atoms with Crippen molar-refractivity contribution in [3.05, 3.63) is 53.9 Å². The number of unbranched alkanes of at least 4 members (excludes halogenated alkanes) is 1. The highest BCUT2D eigenvalue weighted by Crippen LogP contribution is 2.41. The van der Waals surface area contributed by atoms with E-state index < -0.39 is 11.9 Å². The smallest absolute Gasteiger partial charge is 0.308 e. The lowest BCUT2D eigenvalue weighted by Crippen LogP contribution is -2.44. The zero-order chi connectivity index (χ0) is 28.1. The number of amides is 2. The van der Waals surface area contributed by atoms with Gasteiger partial charge in [-0.1, -0.05) is 25.5 Å². The van der Waals surface area contributed by atoms with Crippen LogP contribution in [0.3, 0.4) is 0 Å². The summed E-state index contributed by atoms with van der Waals surface area (Å²) in [7, 11) is 0. The van der Waals surface area contributed by atoms with Crippen LogP contribution in [0.25, 0.3) is 0 Å². The summed E-state index contributed by atoms with van der Waals surface area (Å²) in [5.74, 6) is -0.727. The molecule has 9 heteroatoms. The summed E-state index contributed by atoms with van der Waals surface area (Å²) < 4.78 is 5.68. The first-order valence-electron chi connectivity index (χ1n) is 14.7. The standard InChI is InChI=1S/C31H40N4O5/c1-2-3-16-35(24-7-4-13-32-19-24)29(37)21-34-20-25(22-10-11-27-23(18-22)12-17-40-27)30(31(38)39)26(34)8-5-14-33-15-6-9-28(33)36/h4,7,10-11,13,18-19,25-26,30H,2-3,5-6,8-9,12,14-17,20-21H2,1H3,(H,38,39)/t25-,26+,30-/m1/s1. The van der Waals surface area contributed by atoms with E-state index in [0.29, 0.717) is 45.5 Å². The molecule has 0 bridgehead atoms. The van der Waals surface area contributed by atoms with Crippen molar-refractivity contribution in [3.63, 3.8) is 0 Å². The number of carbonyl (C=O) groups is 3. The summed E-state index contributed by atoms with van der Waals surface area (Å²) in [4.78, 5) is 48.7. The minimum atomic E-state index is -0.839. The summed E-state index contributed by atoms with van der Waals surface area (Å²) in [5.41, 5.74) is 2.86. The van der Waals surface area contributed by atoms with Gasteiger partial charge in [0, 0.05) is 57.2 Å². The number of nitrogens with zero attached hydrogens (tertiary/aromatic N) is 4. The van der Waals surface area contributed by atoms with Gasteiger partial charge in [-0.3, -0.25) is 24.3 Å². The Hall–Kier alpha value is -3.46. The topological polar surface area (TPSA) is 103 Å². The fraction of sp³-hybridized carbons (Fsp3) is 0.548. The predicted octanol–water partition coefficient (Wildman–Crippen LogP) is 3.72. The normalized spacial score (nSPS) is 22.4. The third-order valence-electron chi connectivity index (χ3n) is 8.61. The Balaban J connectivity index is 1.39. The number of hydrogen-bond acceptors (Lipinski definition) is 6. The number of carboxylic acids is 1. The van der Waals surface area contributed by atoms with Crippen LogP contribution in [0.4, 0.5) is 5.69 Å². The highest BCUT2D eigenvalue weighted by Gasteiger charge is 2.47. The van der Waals surface area contributed by atoms with E-state index in [4.69, 9.17) is 4.74 Å². The maximum Gasteiger partial charge on any atom is 0.308 e. The Kier molecular flexibility index (Phi) is 8.99. The van der Waals surface area contributed by atoms with Crippen molar-refractivity contribution in [2.24, 2.45) is 5.92 Å². The number of anilines is 1. The number of hydrogen-bond donors (Lipinski definition) is 1. The Bertz CT molecular complexity index is 1210. The van der Waals surface area contributed by atoms with E-state index in [0.717, 1.165) is 54.8 Å². The SMILES string of the molecule is CCCCN(C(=O)CN1C[C@H](c2ccc3c(c2)CCO3)[C@@H](C(=O)O)[C@@H]1CCCN1CCCC1=O)c1cccnc1. The molecule has 0 aliphatic carbocycles. The van der Waals surface area contributed by atoms with Crippen LogP contribution in [0.15, 0.2) is 42.7 Å². The lowest BCUT2D eigenvalue weighted by Gasteiger charge is -2.30. The third-order valence-corrected chi connectivity index (χ3v) is 8.61. The molecule has 3 atom stereocenters. The van der Waals surface area contributed by atoms with Gasteiger partial charge in [-0.25, -0.2) is 0 Å². The van der Waals surface area contributed by atoms with Gasteiger partial charge in [0.05, 0.1) is 31.0 Å². The quantitative estimate of drug-likeness (QED) is 0.431. The van der Waals surface area contributed by atoms with Gasteiger partial charge in [0.25, 0.3) is 0 Å². The predicted molar refractivity (Wildman–Crippen MR) is 151 cm³/mol. The van der Waals surface area contributed by atoms with E-state index in [1.165, 1.54) is 0 Å². The fourth-order valence-electron chi connectivity index (χ4n) is 6.55. The molecule has 2 saturated heterocycles. The van der Waals surface area contributed by atoms with Gasteiger partial charge in [-0.2, -0.15) is 0 Å². The first kappa shape index (κ1) is 28.1. The Morgan fingerprint density at radius 3 is 2.80 bits per heavy atom. The molecule has 0 unspecified atom stereocenters. The summed E-state index contributed by atoms with van der Waals surface area (Å²) in [5, 5.41) is 10.5. The molecule has 214 valence electrons. The van der Waals surface area contributed by atoms with Crippen LogP contribution >= 0.6 is 0 Å². The van der Waals surface area contributed by atoms with Gasteiger partial charge in [-0.15, -0.1) is 0 Å². The molecule has 5 rings (SSSR count). The van der Waals surface area contributed by atoms with E-state index in [9.17, 15) is 19.5 Å². The number of ether oxygens (including phenoxy) is 1. The molecule has 9 nitrogen and oxygen atoms in total. The second kappa shape index (κ2) is 12.8. The number of carboxylic acid groups (broad SMARTS) is 1. The molecular weight excluding hydrogens is 508 g/mol. The minimum absolute atomic E-state index is 0.0479. The van der Waals surface area contributed by atoms with Crippen molar-refractivity contribution in [1.29, 1.82) is 0 Å². The van der Waals surface area contributed by atoms with Crippen molar-refractivity contribution < 1.29 is 24.2 Å². The van der Waals surface area contributed by atoms with Gasteiger partial charge < -0.3 is 19.6 Å². The third kappa shape index (κ3) is 6.14.